The summed E-state index contributed by atoms with van der Waals surface area (Å²) in [5.41, 5.74) is 0. The highest BCUT2D eigenvalue weighted by Gasteiger charge is 2.03. The maximum atomic E-state index is 11.9. The molecule has 0 heterocycles. The zero-order valence-electron chi connectivity index (χ0n) is 34.2. The molecule has 0 unspecified atom stereocenters. The van der Waals surface area contributed by atoms with Gasteiger partial charge in [0.15, 0.2) is 0 Å². The third-order valence-corrected chi connectivity index (χ3v) is 8.89. The molecule has 0 aliphatic carbocycles. The van der Waals surface area contributed by atoms with Gasteiger partial charge in [-0.1, -0.05) is 142 Å². The molecular formula is C42H84O10. The van der Waals surface area contributed by atoms with E-state index in [9.17, 15) is 4.79 Å². The van der Waals surface area contributed by atoms with Gasteiger partial charge in [0.25, 0.3) is 0 Å². The van der Waals surface area contributed by atoms with Crippen molar-refractivity contribution < 1.29 is 47.4 Å². The summed E-state index contributed by atoms with van der Waals surface area (Å²) in [6, 6.07) is 0. The highest BCUT2D eigenvalue weighted by Crippen LogP contribution is 2.15. The monoisotopic (exact) mass is 749 g/mol. The fraction of sp³-hybridized carbons (Fsp3) is 0.976. The molecule has 0 aromatic carbocycles. The van der Waals surface area contributed by atoms with Gasteiger partial charge >= 0.3 is 5.97 Å². The van der Waals surface area contributed by atoms with Crippen LogP contribution in [0.15, 0.2) is 0 Å². The number of carbonyl (C=O) groups excluding carboxylic acids is 1. The Bertz CT molecular complexity index is 654. The van der Waals surface area contributed by atoms with E-state index >= 15 is 0 Å². The summed E-state index contributed by atoms with van der Waals surface area (Å²) >= 11 is 0. The zero-order chi connectivity index (χ0) is 37.5. The third-order valence-electron chi connectivity index (χ3n) is 8.89. The van der Waals surface area contributed by atoms with Crippen molar-refractivity contribution in [1.82, 2.24) is 0 Å². The molecule has 52 heavy (non-hydrogen) atoms. The molecule has 0 bridgehead atoms. The Kier molecular flexibility index (Phi) is 47.4. The van der Waals surface area contributed by atoms with Gasteiger partial charge in [-0.2, -0.15) is 0 Å². The van der Waals surface area contributed by atoms with E-state index in [-0.39, 0.29) is 5.97 Å². The van der Waals surface area contributed by atoms with E-state index < -0.39 is 0 Å². The van der Waals surface area contributed by atoms with Crippen LogP contribution in [-0.4, -0.2) is 119 Å². The van der Waals surface area contributed by atoms with Crippen LogP contribution in [0.4, 0.5) is 0 Å². The van der Waals surface area contributed by atoms with Gasteiger partial charge in [-0.25, -0.2) is 0 Å². The molecule has 0 saturated carbocycles. The molecule has 0 atom stereocenters. The largest absolute Gasteiger partial charge is 0.463 e. The maximum Gasteiger partial charge on any atom is 0.305 e. The van der Waals surface area contributed by atoms with Gasteiger partial charge in [0, 0.05) is 13.5 Å². The molecular weight excluding hydrogens is 664 g/mol. The Morgan fingerprint density at radius 2 is 0.538 bits per heavy atom. The third kappa shape index (κ3) is 47.2. The molecule has 10 nitrogen and oxygen atoms in total. The lowest BCUT2D eigenvalue weighted by Gasteiger charge is -2.09. The molecule has 0 aliphatic heterocycles. The van der Waals surface area contributed by atoms with Crippen LogP contribution in [-0.2, 0) is 47.4 Å². The number of carbonyl (C=O) groups is 1. The minimum Gasteiger partial charge on any atom is -0.463 e. The lowest BCUT2D eigenvalue weighted by Crippen LogP contribution is -2.15. The van der Waals surface area contributed by atoms with Crippen LogP contribution in [0.3, 0.4) is 0 Å². The van der Waals surface area contributed by atoms with Gasteiger partial charge in [-0.05, 0) is 6.42 Å². The molecule has 0 aliphatic rings. The fourth-order valence-corrected chi connectivity index (χ4v) is 5.73. The predicted molar refractivity (Wildman–Crippen MR) is 210 cm³/mol. The Morgan fingerprint density at radius 1 is 0.308 bits per heavy atom. The molecule has 0 aromatic heterocycles. The Morgan fingerprint density at radius 3 is 0.808 bits per heavy atom. The van der Waals surface area contributed by atoms with E-state index in [1.165, 1.54) is 128 Å². The second-order valence-electron chi connectivity index (χ2n) is 13.7. The predicted octanol–water partition coefficient (Wildman–Crippen LogP) is 9.28. The van der Waals surface area contributed by atoms with Crippen molar-refractivity contribution in [2.24, 2.45) is 0 Å². The summed E-state index contributed by atoms with van der Waals surface area (Å²) in [6.07, 6.45) is 30.6. The number of hydrogen-bond acceptors (Lipinski definition) is 10. The lowest BCUT2D eigenvalue weighted by atomic mass is 10.0. The molecule has 0 aromatic rings. The van der Waals surface area contributed by atoms with E-state index in [1.807, 2.05) is 0 Å². The van der Waals surface area contributed by atoms with E-state index in [4.69, 9.17) is 42.6 Å². The number of esters is 1. The summed E-state index contributed by atoms with van der Waals surface area (Å²) in [6.45, 7) is 10.4. The second-order valence-corrected chi connectivity index (χ2v) is 13.7. The van der Waals surface area contributed by atoms with Crippen molar-refractivity contribution in [2.75, 3.05) is 113 Å². The molecule has 312 valence electrons. The number of ether oxygens (including phenoxy) is 9. The highest BCUT2D eigenvalue weighted by atomic mass is 16.6. The standard InChI is InChI=1S/C42H84O10/c1-3-4-5-6-7-8-9-10-11-12-13-14-15-16-17-18-19-20-21-22-23-24-25-42(43)52-41-40-51-39-38-50-37-36-49-35-34-48-33-32-47-31-30-46-29-28-45-27-26-44-2/h3-41H2,1-2H3. The minimum absolute atomic E-state index is 0.122. The van der Waals surface area contributed by atoms with E-state index in [0.29, 0.717) is 112 Å². The minimum atomic E-state index is -0.122. The van der Waals surface area contributed by atoms with Gasteiger partial charge in [0.1, 0.15) is 6.61 Å². The normalized spacial score (nSPS) is 11.5. The molecule has 0 saturated heterocycles. The lowest BCUT2D eigenvalue weighted by molar-refractivity contribution is -0.145. The van der Waals surface area contributed by atoms with Crippen LogP contribution in [0.5, 0.6) is 0 Å². The summed E-state index contributed by atoms with van der Waals surface area (Å²) < 4.78 is 48.3. The summed E-state index contributed by atoms with van der Waals surface area (Å²) in [5, 5.41) is 0. The van der Waals surface area contributed by atoms with Crippen molar-refractivity contribution in [1.29, 1.82) is 0 Å². The van der Waals surface area contributed by atoms with Gasteiger partial charge in [0.2, 0.25) is 0 Å². The first kappa shape index (κ1) is 51.1. The quantitative estimate of drug-likeness (QED) is 0.0442. The Balaban J connectivity index is 3.14. The highest BCUT2D eigenvalue weighted by molar-refractivity contribution is 5.69. The molecule has 0 rings (SSSR count). The molecule has 0 radical (unpaired) electrons. The summed E-state index contributed by atoms with van der Waals surface area (Å²) in [7, 11) is 1.65. The van der Waals surface area contributed by atoms with Gasteiger partial charge in [-0.3, -0.25) is 4.79 Å². The SMILES string of the molecule is CCCCCCCCCCCCCCCCCCCCCCCCC(=O)OCCOCCOCCOCCOCCOCCOCCOCCOC. The van der Waals surface area contributed by atoms with Crippen molar-refractivity contribution >= 4 is 5.97 Å². The maximum absolute atomic E-state index is 11.9. The molecule has 0 N–H and O–H groups in total. The van der Waals surface area contributed by atoms with Crippen molar-refractivity contribution in [2.45, 2.75) is 155 Å². The van der Waals surface area contributed by atoms with Gasteiger partial charge in [0.05, 0.1) is 99.1 Å². The Labute approximate surface area is 320 Å². The van der Waals surface area contributed by atoms with Crippen LogP contribution >= 0.6 is 0 Å². The average molecular weight is 749 g/mol. The fourth-order valence-electron chi connectivity index (χ4n) is 5.73. The number of unbranched alkanes of at least 4 members (excludes halogenated alkanes) is 21. The van der Waals surface area contributed by atoms with Crippen molar-refractivity contribution in [3.8, 4) is 0 Å². The van der Waals surface area contributed by atoms with Crippen LogP contribution < -0.4 is 0 Å². The van der Waals surface area contributed by atoms with E-state index in [2.05, 4.69) is 6.92 Å². The van der Waals surface area contributed by atoms with Crippen LogP contribution in [0.25, 0.3) is 0 Å². The van der Waals surface area contributed by atoms with Crippen molar-refractivity contribution in [3.05, 3.63) is 0 Å². The number of hydrogen-bond donors (Lipinski definition) is 0. The van der Waals surface area contributed by atoms with Crippen LogP contribution in [0.1, 0.15) is 155 Å². The molecule has 10 heteroatoms. The molecule has 0 spiro atoms. The topological polar surface area (TPSA) is 100 Å². The number of rotatable bonds is 47. The first-order chi connectivity index (χ1) is 25.8. The molecule has 0 fully saturated rings. The summed E-state index contributed by atoms with van der Waals surface area (Å²) in [5.74, 6) is -0.122. The number of methoxy groups -OCH3 is 1. The van der Waals surface area contributed by atoms with Crippen molar-refractivity contribution in [3.63, 3.8) is 0 Å². The first-order valence-electron chi connectivity index (χ1n) is 21.5. The van der Waals surface area contributed by atoms with E-state index in [0.717, 1.165) is 12.8 Å². The van der Waals surface area contributed by atoms with Crippen LogP contribution in [0, 0.1) is 0 Å². The first-order valence-corrected chi connectivity index (χ1v) is 21.5. The zero-order valence-corrected chi connectivity index (χ0v) is 34.2. The smallest absolute Gasteiger partial charge is 0.305 e. The van der Waals surface area contributed by atoms with E-state index in [1.54, 1.807) is 7.11 Å². The van der Waals surface area contributed by atoms with Gasteiger partial charge in [-0.15, -0.1) is 0 Å². The van der Waals surface area contributed by atoms with Gasteiger partial charge < -0.3 is 42.6 Å². The second kappa shape index (κ2) is 48.2. The average Bonchev–Trinajstić information content (AvgIpc) is 3.15. The Hall–Kier alpha value is -0.850. The summed E-state index contributed by atoms with van der Waals surface area (Å²) in [4.78, 5) is 11.9. The van der Waals surface area contributed by atoms with Crippen LogP contribution in [0.2, 0.25) is 0 Å². The molecule has 0 amide bonds.